The number of carboxylic acids is 1. The molecule has 0 amide bonds. The summed E-state index contributed by atoms with van der Waals surface area (Å²) in [5, 5.41) is 17.3. The van der Waals surface area contributed by atoms with E-state index in [4.69, 9.17) is 10.2 Å². The maximum Gasteiger partial charge on any atom is 0.339 e. The van der Waals surface area contributed by atoms with E-state index in [1.807, 2.05) is 0 Å². The molecule has 0 saturated carbocycles. The summed E-state index contributed by atoms with van der Waals surface area (Å²) in [5.74, 6) is -1.31. The van der Waals surface area contributed by atoms with Gasteiger partial charge >= 0.3 is 5.97 Å². The fraction of sp³-hybridized carbons (Fsp3) is 0. The highest BCUT2D eigenvalue weighted by atomic mass is 16.4. The van der Waals surface area contributed by atoms with Crippen LogP contribution in [0.15, 0.2) is 37.4 Å². The van der Waals surface area contributed by atoms with E-state index in [0.29, 0.717) is 0 Å². The highest BCUT2D eigenvalue weighted by molar-refractivity contribution is 5.90. The fourth-order valence-electron chi connectivity index (χ4n) is 0.654. The maximum absolute atomic E-state index is 10.3. The second-order valence-corrected chi connectivity index (χ2v) is 1.82. The van der Waals surface area contributed by atoms with Gasteiger partial charge in [-0.2, -0.15) is 0 Å². The zero-order chi connectivity index (χ0) is 9.56. The van der Waals surface area contributed by atoms with E-state index < -0.39 is 5.97 Å². The average Bonchev–Trinajstić information content (AvgIpc) is 2.08. The van der Waals surface area contributed by atoms with E-state index in [1.165, 1.54) is 12.1 Å². The zero-order valence-corrected chi connectivity index (χ0v) is 6.53. The first-order valence-electron chi connectivity index (χ1n) is 3.23. The summed E-state index contributed by atoms with van der Waals surface area (Å²) < 4.78 is 0. The van der Waals surface area contributed by atoms with Crippen LogP contribution in [0.1, 0.15) is 10.4 Å². The largest absolute Gasteiger partial charge is 0.507 e. The van der Waals surface area contributed by atoms with Crippen LogP contribution in [-0.2, 0) is 0 Å². The first-order chi connectivity index (χ1) is 5.72. The van der Waals surface area contributed by atoms with Crippen molar-refractivity contribution in [3.63, 3.8) is 0 Å². The summed E-state index contributed by atoms with van der Waals surface area (Å²) in [5.41, 5.74) is -0.0671. The van der Waals surface area contributed by atoms with Gasteiger partial charge in [0.05, 0.1) is 0 Å². The molecule has 1 aromatic rings. The summed E-state index contributed by atoms with van der Waals surface area (Å²) >= 11 is 0. The third-order valence-electron chi connectivity index (χ3n) is 1.13. The minimum absolute atomic E-state index is 0.0671. The van der Waals surface area contributed by atoms with Crippen molar-refractivity contribution in [2.24, 2.45) is 0 Å². The molecular weight excluding hydrogens is 156 g/mol. The predicted octanol–water partition coefficient (Wildman–Crippen LogP) is 1.89. The normalized spacial score (nSPS) is 8.00. The van der Waals surface area contributed by atoms with Crippen LogP contribution in [0.25, 0.3) is 0 Å². The SMILES string of the molecule is C=C.O=C(O)c1ccccc1O. The van der Waals surface area contributed by atoms with Gasteiger partial charge in [0.1, 0.15) is 11.3 Å². The molecule has 3 heteroatoms. The summed E-state index contributed by atoms with van der Waals surface area (Å²) in [6.07, 6.45) is 0. The lowest BCUT2D eigenvalue weighted by Gasteiger charge is -1.95. The Labute approximate surface area is 70.6 Å². The zero-order valence-electron chi connectivity index (χ0n) is 6.53. The molecule has 0 spiro atoms. The van der Waals surface area contributed by atoms with Crippen LogP contribution < -0.4 is 0 Å². The average molecular weight is 166 g/mol. The van der Waals surface area contributed by atoms with Crippen LogP contribution in [0.3, 0.4) is 0 Å². The van der Waals surface area contributed by atoms with Gasteiger partial charge in [0.2, 0.25) is 0 Å². The number of hydrogen-bond donors (Lipinski definition) is 2. The lowest BCUT2D eigenvalue weighted by molar-refractivity contribution is 0.0694. The second-order valence-electron chi connectivity index (χ2n) is 1.82. The van der Waals surface area contributed by atoms with E-state index in [2.05, 4.69) is 13.2 Å². The van der Waals surface area contributed by atoms with Gasteiger partial charge in [0.15, 0.2) is 0 Å². The number of para-hydroxylation sites is 1. The summed E-state index contributed by atoms with van der Waals surface area (Å²) in [4.78, 5) is 10.3. The number of carboxylic acid groups (broad SMARTS) is 1. The van der Waals surface area contributed by atoms with E-state index >= 15 is 0 Å². The monoisotopic (exact) mass is 166 g/mol. The highest BCUT2D eigenvalue weighted by Gasteiger charge is 2.05. The minimum Gasteiger partial charge on any atom is -0.507 e. The molecule has 1 aromatic carbocycles. The van der Waals surface area contributed by atoms with Crippen LogP contribution in [0.5, 0.6) is 5.75 Å². The van der Waals surface area contributed by atoms with Crippen molar-refractivity contribution in [3.05, 3.63) is 43.0 Å². The van der Waals surface area contributed by atoms with E-state index in [9.17, 15) is 4.79 Å². The number of aromatic carboxylic acids is 1. The van der Waals surface area contributed by atoms with Gasteiger partial charge in [-0.05, 0) is 12.1 Å². The molecule has 12 heavy (non-hydrogen) atoms. The summed E-state index contributed by atoms with van der Waals surface area (Å²) in [7, 11) is 0. The van der Waals surface area contributed by atoms with Gasteiger partial charge in [0.25, 0.3) is 0 Å². The number of aromatic hydroxyl groups is 1. The molecule has 0 fully saturated rings. The van der Waals surface area contributed by atoms with Crippen molar-refractivity contribution in [2.45, 2.75) is 0 Å². The molecule has 0 aromatic heterocycles. The Morgan fingerprint density at radius 3 is 2.08 bits per heavy atom. The van der Waals surface area contributed by atoms with Crippen molar-refractivity contribution in [3.8, 4) is 5.75 Å². The molecule has 3 nitrogen and oxygen atoms in total. The van der Waals surface area contributed by atoms with E-state index in [-0.39, 0.29) is 11.3 Å². The van der Waals surface area contributed by atoms with Crippen LogP contribution >= 0.6 is 0 Å². The van der Waals surface area contributed by atoms with Crippen LogP contribution in [0, 0.1) is 0 Å². The van der Waals surface area contributed by atoms with Crippen molar-refractivity contribution < 1.29 is 15.0 Å². The molecule has 0 heterocycles. The lowest BCUT2D eigenvalue weighted by Crippen LogP contribution is -1.95. The molecule has 0 bridgehead atoms. The Morgan fingerprint density at radius 1 is 1.25 bits per heavy atom. The number of hydrogen-bond acceptors (Lipinski definition) is 2. The Kier molecular flexibility index (Phi) is 4.23. The number of carbonyl (C=O) groups is 1. The number of phenols is 1. The standard InChI is InChI=1S/C7H6O3.C2H4/c8-6-4-2-1-3-5(6)7(9)10;1-2/h1-4,8H,(H,9,10);1-2H2. The first kappa shape index (κ1) is 10.2. The Balaban J connectivity index is 0.000000561. The van der Waals surface area contributed by atoms with Gasteiger partial charge in [-0.1, -0.05) is 12.1 Å². The van der Waals surface area contributed by atoms with Crippen LogP contribution in [-0.4, -0.2) is 16.2 Å². The topological polar surface area (TPSA) is 57.5 Å². The number of benzene rings is 1. The fourth-order valence-corrected chi connectivity index (χ4v) is 0.654. The number of rotatable bonds is 1. The molecular formula is C9H10O3. The van der Waals surface area contributed by atoms with Gasteiger partial charge in [-0.3, -0.25) is 0 Å². The summed E-state index contributed by atoms with van der Waals surface area (Å²) in [6, 6.07) is 5.81. The lowest BCUT2D eigenvalue weighted by atomic mass is 10.2. The van der Waals surface area contributed by atoms with Crippen molar-refractivity contribution in [1.29, 1.82) is 0 Å². The first-order valence-corrected chi connectivity index (χ1v) is 3.23. The van der Waals surface area contributed by atoms with E-state index in [1.54, 1.807) is 12.1 Å². The molecule has 0 unspecified atom stereocenters. The Hall–Kier alpha value is -1.77. The molecule has 64 valence electrons. The highest BCUT2D eigenvalue weighted by Crippen LogP contribution is 2.14. The van der Waals surface area contributed by atoms with Gasteiger partial charge in [-0.15, -0.1) is 13.2 Å². The Bertz CT molecular complexity index is 268. The third kappa shape index (κ3) is 2.46. The van der Waals surface area contributed by atoms with Crippen LogP contribution in [0.2, 0.25) is 0 Å². The maximum atomic E-state index is 10.3. The van der Waals surface area contributed by atoms with E-state index in [0.717, 1.165) is 0 Å². The van der Waals surface area contributed by atoms with Gasteiger partial charge < -0.3 is 10.2 Å². The second kappa shape index (κ2) is 4.96. The molecule has 0 atom stereocenters. The smallest absolute Gasteiger partial charge is 0.339 e. The molecule has 0 aliphatic rings. The van der Waals surface area contributed by atoms with Crippen molar-refractivity contribution in [1.82, 2.24) is 0 Å². The molecule has 0 aliphatic carbocycles. The molecule has 2 N–H and O–H groups in total. The quantitative estimate of drug-likeness (QED) is 0.626. The molecule has 0 radical (unpaired) electrons. The van der Waals surface area contributed by atoms with Gasteiger partial charge in [0, 0.05) is 0 Å². The molecule has 1 rings (SSSR count). The summed E-state index contributed by atoms with van der Waals surface area (Å²) in [6.45, 7) is 6.00. The van der Waals surface area contributed by atoms with Crippen LogP contribution in [0.4, 0.5) is 0 Å². The third-order valence-corrected chi connectivity index (χ3v) is 1.13. The van der Waals surface area contributed by atoms with Crippen molar-refractivity contribution >= 4 is 5.97 Å². The molecule has 0 aliphatic heterocycles. The Morgan fingerprint density at radius 2 is 1.75 bits per heavy atom. The minimum atomic E-state index is -1.11. The van der Waals surface area contributed by atoms with Crippen molar-refractivity contribution in [2.75, 3.05) is 0 Å². The molecule has 0 saturated heterocycles. The van der Waals surface area contributed by atoms with Gasteiger partial charge in [-0.25, -0.2) is 4.79 Å². The predicted molar refractivity (Wildman–Crippen MR) is 46.3 cm³/mol.